The molecule has 0 bridgehead atoms. The van der Waals surface area contributed by atoms with Crippen LogP contribution >= 0.6 is 0 Å². The first-order valence-corrected chi connectivity index (χ1v) is 5.40. The zero-order valence-corrected chi connectivity index (χ0v) is 9.77. The lowest BCUT2D eigenvalue weighted by molar-refractivity contribution is -0.146. The fourth-order valence-corrected chi connectivity index (χ4v) is 1.68. The second kappa shape index (κ2) is 6.09. The maximum absolute atomic E-state index is 13.5. The summed E-state index contributed by atoms with van der Waals surface area (Å²) in [6, 6.07) is 1.01. The number of hydrogen-bond donors (Lipinski definition) is 1. The predicted molar refractivity (Wildman–Crippen MR) is 59.8 cm³/mol. The third kappa shape index (κ3) is 3.03. The van der Waals surface area contributed by atoms with Crippen LogP contribution in [-0.4, -0.2) is 28.9 Å². The molecule has 0 spiro atoms. The number of benzene rings is 1. The van der Waals surface area contributed by atoms with Gasteiger partial charge in [-0.1, -0.05) is 6.92 Å². The minimum absolute atomic E-state index is 0.149. The van der Waals surface area contributed by atoms with Crippen LogP contribution in [0.3, 0.4) is 0 Å². The predicted octanol–water partition coefficient (Wildman–Crippen LogP) is 1.96. The Balaban J connectivity index is 3.22. The summed E-state index contributed by atoms with van der Waals surface area (Å²) in [5.41, 5.74) is -0.358. The van der Waals surface area contributed by atoms with Crippen molar-refractivity contribution in [2.75, 3.05) is 6.54 Å². The van der Waals surface area contributed by atoms with Crippen LogP contribution in [-0.2, 0) is 9.59 Å². The van der Waals surface area contributed by atoms with E-state index < -0.39 is 23.6 Å². The largest absolute Gasteiger partial charge is 0.479 e. The Bertz CT molecular complexity index is 451. The molecule has 6 heteroatoms. The molecule has 1 rings (SSSR count). The molecule has 1 N–H and O–H groups in total. The van der Waals surface area contributed by atoms with Gasteiger partial charge in [-0.05, 0) is 24.6 Å². The van der Waals surface area contributed by atoms with E-state index in [-0.39, 0.29) is 12.1 Å². The quantitative estimate of drug-likeness (QED) is 0.792. The van der Waals surface area contributed by atoms with Crippen LogP contribution in [0.5, 0.6) is 0 Å². The number of halogens is 2. The highest BCUT2D eigenvalue weighted by Crippen LogP contribution is 2.24. The Morgan fingerprint density at radius 1 is 1.50 bits per heavy atom. The fraction of sp³-hybridized carbons (Fsp3) is 0.333. The lowest BCUT2D eigenvalue weighted by Crippen LogP contribution is -2.34. The Hall–Kier alpha value is -1.98. The van der Waals surface area contributed by atoms with E-state index in [0.717, 1.165) is 23.1 Å². The van der Waals surface area contributed by atoms with Gasteiger partial charge in [0.1, 0.15) is 11.6 Å². The van der Waals surface area contributed by atoms with Crippen LogP contribution in [0.4, 0.5) is 8.78 Å². The summed E-state index contributed by atoms with van der Waals surface area (Å²) in [5.74, 6) is -3.01. The molecule has 18 heavy (non-hydrogen) atoms. The number of aliphatic carboxylic acids is 1. The number of amides is 1. The van der Waals surface area contributed by atoms with E-state index in [4.69, 9.17) is 5.11 Å². The molecule has 0 heterocycles. The summed E-state index contributed by atoms with van der Waals surface area (Å²) in [4.78, 5) is 22.9. The number of nitrogens with zero attached hydrogens (tertiary/aromatic N) is 1. The Morgan fingerprint density at radius 3 is 2.67 bits per heavy atom. The number of rotatable bonds is 6. The van der Waals surface area contributed by atoms with Crippen molar-refractivity contribution >= 4 is 12.4 Å². The summed E-state index contributed by atoms with van der Waals surface area (Å²) < 4.78 is 26.6. The van der Waals surface area contributed by atoms with Gasteiger partial charge >= 0.3 is 5.97 Å². The molecule has 0 radical (unpaired) electrons. The average molecular weight is 257 g/mol. The van der Waals surface area contributed by atoms with E-state index in [2.05, 4.69) is 0 Å². The molecule has 0 saturated carbocycles. The first-order chi connectivity index (χ1) is 8.51. The van der Waals surface area contributed by atoms with Crippen molar-refractivity contribution in [3.63, 3.8) is 0 Å². The molecule has 0 fully saturated rings. The smallest absolute Gasteiger partial charge is 0.331 e. The minimum Gasteiger partial charge on any atom is -0.479 e. The Morgan fingerprint density at radius 2 is 2.17 bits per heavy atom. The lowest BCUT2D eigenvalue weighted by Gasteiger charge is -2.25. The van der Waals surface area contributed by atoms with E-state index >= 15 is 0 Å². The Kier molecular flexibility index (Phi) is 4.76. The van der Waals surface area contributed by atoms with Gasteiger partial charge in [-0.25, -0.2) is 13.6 Å². The van der Waals surface area contributed by atoms with Crippen LogP contribution in [0.1, 0.15) is 24.9 Å². The second-order valence-corrected chi connectivity index (χ2v) is 3.75. The molecule has 1 aromatic carbocycles. The van der Waals surface area contributed by atoms with Crippen LogP contribution in [0.15, 0.2) is 18.2 Å². The SMILES string of the molecule is CCCN(C=O)C(C(=O)O)c1cc(F)ccc1F. The van der Waals surface area contributed by atoms with Crippen LogP contribution in [0.2, 0.25) is 0 Å². The molecule has 1 atom stereocenters. The van der Waals surface area contributed by atoms with Crippen molar-refractivity contribution in [2.24, 2.45) is 0 Å². The third-order valence-corrected chi connectivity index (χ3v) is 2.44. The van der Waals surface area contributed by atoms with Crippen LogP contribution < -0.4 is 0 Å². The molecule has 1 unspecified atom stereocenters. The Labute approximate surface area is 103 Å². The highest BCUT2D eigenvalue weighted by atomic mass is 19.1. The molecule has 0 aromatic heterocycles. The van der Waals surface area contributed by atoms with E-state index in [9.17, 15) is 18.4 Å². The third-order valence-electron chi connectivity index (χ3n) is 2.44. The molecule has 0 aliphatic carbocycles. The van der Waals surface area contributed by atoms with Gasteiger partial charge in [0.2, 0.25) is 6.41 Å². The second-order valence-electron chi connectivity index (χ2n) is 3.75. The van der Waals surface area contributed by atoms with E-state index in [1.54, 1.807) is 6.92 Å². The number of carboxylic acid groups (broad SMARTS) is 1. The standard InChI is InChI=1S/C12H13F2NO3/c1-2-5-15(7-16)11(12(17)18)9-6-8(13)3-4-10(9)14/h3-4,6-7,11H,2,5H2,1H3,(H,17,18). The summed E-state index contributed by atoms with van der Waals surface area (Å²) in [6.45, 7) is 1.90. The molecule has 98 valence electrons. The van der Waals surface area contributed by atoms with Gasteiger partial charge in [0, 0.05) is 12.1 Å². The van der Waals surface area contributed by atoms with Gasteiger partial charge in [0.15, 0.2) is 6.04 Å². The summed E-state index contributed by atoms with van der Waals surface area (Å²) in [5, 5.41) is 9.08. The van der Waals surface area contributed by atoms with Crippen LogP contribution in [0.25, 0.3) is 0 Å². The minimum atomic E-state index is -1.52. The number of carbonyl (C=O) groups excluding carboxylic acids is 1. The maximum atomic E-state index is 13.5. The van der Waals surface area contributed by atoms with Gasteiger partial charge in [-0.3, -0.25) is 4.79 Å². The van der Waals surface area contributed by atoms with E-state index in [0.29, 0.717) is 12.8 Å². The lowest BCUT2D eigenvalue weighted by atomic mass is 10.0. The van der Waals surface area contributed by atoms with Gasteiger partial charge in [-0.2, -0.15) is 0 Å². The molecule has 0 aliphatic heterocycles. The van der Waals surface area contributed by atoms with Crippen molar-refractivity contribution in [1.82, 2.24) is 4.90 Å². The molecule has 0 aliphatic rings. The van der Waals surface area contributed by atoms with Crippen molar-refractivity contribution in [1.29, 1.82) is 0 Å². The molecule has 4 nitrogen and oxygen atoms in total. The molecule has 0 saturated heterocycles. The van der Waals surface area contributed by atoms with Crippen molar-refractivity contribution in [3.05, 3.63) is 35.4 Å². The zero-order chi connectivity index (χ0) is 13.7. The van der Waals surface area contributed by atoms with E-state index in [1.807, 2.05) is 0 Å². The molecular formula is C12H13F2NO3. The van der Waals surface area contributed by atoms with Gasteiger partial charge in [0.05, 0.1) is 0 Å². The summed E-state index contributed by atoms with van der Waals surface area (Å²) >= 11 is 0. The molecule has 1 aromatic rings. The highest BCUT2D eigenvalue weighted by molar-refractivity contribution is 5.78. The summed E-state index contributed by atoms with van der Waals surface area (Å²) in [6.07, 6.45) is 0.839. The van der Waals surface area contributed by atoms with E-state index in [1.165, 1.54) is 0 Å². The number of hydrogen-bond acceptors (Lipinski definition) is 2. The van der Waals surface area contributed by atoms with Crippen molar-refractivity contribution < 1.29 is 23.5 Å². The van der Waals surface area contributed by atoms with Gasteiger partial charge in [-0.15, -0.1) is 0 Å². The average Bonchev–Trinajstić information content (AvgIpc) is 2.32. The number of carbonyl (C=O) groups is 2. The van der Waals surface area contributed by atoms with Crippen LogP contribution in [0, 0.1) is 11.6 Å². The molecule has 1 amide bonds. The monoisotopic (exact) mass is 257 g/mol. The maximum Gasteiger partial charge on any atom is 0.331 e. The van der Waals surface area contributed by atoms with Gasteiger partial charge < -0.3 is 10.0 Å². The normalized spacial score (nSPS) is 11.9. The molecular weight excluding hydrogens is 244 g/mol. The van der Waals surface area contributed by atoms with Gasteiger partial charge in [0.25, 0.3) is 0 Å². The summed E-state index contributed by atoms with van der Waals surface area (Å²) in [7, 11) is 0. The first kappa shape index (κ1) is 14.1. The first-order valence-electron chi connectivity index (χ1n) is 5.40. The van der Waals surface area contributed by atoms with Crippen molar-refractivity contribution in [2.45, 2.75) is 19.4 Å². The zero-order valence-electron chi connectivity index (χ0n) is 9.77. The highest BCUT2D eigenvalue weighted by Gasteiger charge is 2.29. The topological polar surface area (TPSA) is 57.6 Å². The number of carboxylic acids is 1. The fourth-order valence-electron chi connectivity index (χ4n) is 1.68. The van der Waals surface area contributed by atoms with Crippen molar-refractivity contribution in [3.8, 4) is 0 Å².